The Morgan fingerprint density at radius 2 is 1.92 bits per heavy atom. The molecule has 1 amide bonds. The van der Waals surface area contributed by atoms with Crippen molar-refractivity contribution in [2.75, 3.05) is 5.32 Å². The lowest BCUT2D eigenvalue weighted by molar-refractivity contribution is -0.116. The van der Waals surface area contributed by atoms with Gasteiger partial charge < -0.3 is 9.84 Å². The number of aryl methyl sites for hydroxylation is 2. The summed E-state index contributed by atoms with van der Waals surface area (Å²) < 4.78 is 18.8. The van der Waals surface area contributed by atoms with E-state index in [4.69, 9.17) is 4.52 Å². The van der Waals surface area contributed by atoms with E-state index in [1.54, 1.807) is 18.2 Å². The summed E-state index contributed by atoms with van der Waals surface area (Å²) in [7, 11) is 0. The highest BCUT2D eigenvalue weighted by molar-refractivity contribution is 5.90. The Bertz CT molecular complexity index is 859. The van der Waals surface area contributed by atoms with Crippen LogP contribution < -0.4 is 5.32 Å². The second-order valence-corrected chi connectivity index (χ2v) is 5.59. The predicted molar refractivity (Wildman–Crippen MR) is 92.5 cm³/mol. The molecule has 25 heavy (non-hydrogen) atoms. The first kappa shape index (κ1) is 16.8. The van der Waals surface area contributed by atoms with Crippen LogP contribution in [0.4, 0.5) is 10.1 Å². The van der Waals surface area contributed by atoms with E-state index in [0.717, 1.165) is 12.1 Å². The van der Waals surface area contributed by atoms with Gasteiger partial charge in [-0.15, -0.1) is 0 Å². The highest BCUT2D eigenvalue weighted by Crippen LogP contribution is 2.19. The third-order valence-electron chi connectivity index (χ3n) is 3.79. The molecule has 0 fully saturated rings. The van der Waals surface area contributed by atoms with Gasteiger partial charge in [0.05, 0.1) is 5.56 Å². The average Bonchev–Trinajstić information content (AvgIpc) is 3.10. The van der Waals surface area contributed by atoms with Gasteiger partial charge in [0.1, 0.15) is 5.82 Å². The summed E-state index contributed by atoms with van der Waals surface area (Å²) in [4.78, 5) is 16.2. The second-order valence-electron chi connectivity index (χ2n) is 5.59. The summed E-state index contributed by atoms with van der Waals surface area (Å²) in [5.41, 5.74) is 2.24. The van der Waals surface area contributed by atoms with Crippen LogP contribution in [0.5, 0.6) is 0 Å². The number of aromatic nitrogens is 2. The van der Waals surface area contributed by atoms with Crippen molar-refractivity contribution >= 4 is 11.6 Å². The van der Waals surface area contributed by atoms with E-state index in [9.17, 15) is 9.18 Å². The largest absolute Gasteiger partial charge is 0.339 e. The summed E-state index contributed by atoms with van der Waals surface area (Å²) in [6, 6.07) is 13.9. The molecule has 1 N–H and O–H groups in total. The van der Waals surface area contributed by atoms with Gasteiger partial charge in [0, 0.05) is 18.5 Å². The molecule has 0 unspecified atom stereocenters. The summed E-state index contributed by atoms with van der Waals surface area (Å²) in [5.74, 6) is -0.0728. The monoisotopic (exact) mass is 339 g/mol. The third kappa shape index (κ3) is 4.29. The van der Waals surface area contributed by atoms with Crippen LogP contribution in [0.15, 0.2) is 53.1 Å². The molecule has 0 saturated carbocycles. The topological polar surface area (TPSA) is 68.0 Å². The van der Waals surface area contributed by atoms with Crippen molar-refractivity contribution in [3.8, 4) is 11.4 Å². The first-order chi connectivity index (χ1) is 12.2. The SMILES string of the molecule is CCc1ccc(NC(=O)CCc2nc(-c3ccccc3F)no2)cc1. The highest BCUT2D eigenvalue weighted by Gasteiger charge is 2.13. The molecule has 0 spiro atoms. The molecule has 0 aliphatic heterocycles. The Kier molecular flexibility index (Phi) is 5.18. The van der Waals surface area contributed by atoms with E-state index in [1.165, 1.54) is 11.6 Å². The quantitative estimate of drug-likeness (QED) is 0.737. The van der Waals surface area contributed by atoms with Crippen LogP contribution in [0.25, 0.3) is 11.4 Å². The number of carbonyl (C=O) groups excluding carboxylic acids is 1. The average molecular weight is 339 g/mol. The molecule has 5 nitrogen and oxygen atoms in total. The first-order valence-electron chi connectivity index (χ1n) is 8.12. The van der Waals surface area contributed by atoms with Crippen LogP contribution in [0.2, 0.25) is 0 Å². The molecule has 2 aromatic carbocycles. The Balaban J connectivity index is 1.56. The predicted octanol–water partition coefficient (Wildman–Crippen LogP) is 4.01. The van der Waals surface area contributed by atoms with Gasteiger partial charge in [-0.05, 0) is 36.2 Å². The molecule has 6 heteroatoms. The Morgan fingerprint density at radius 1 is 1.16 bits per heavy atom. The molecular weight excluding hydrogens is 321 g/mol. The molecule has 3 aromatic rings. The zero-order valence-corrected chi connectivity index (χ0v) is 13.8. The minimum Gasteiger partial charge on any atom is -0.339 e. The Labute approximate surface area is 144 Å². The van der Waals surface area contributed by atoms with E-state index < -0.39 is 5.82 Å². The van der Waals surface area contributed by atoms with Crippen molar-refractivity contribution in [3.63, 3.8) is 0 Å². The number of benzene rings is 2. The van der Waals surface area contributed by atoms with Crippen molar-refractivity contribution in [3.05, 3.63) is 65.8 Å². The van der Waals surface area contributed by atoms with E-state index in [-0.39, 0.29) is 23.7 Å². The number of anilines is 1. The minimum absolute atomic E-state index is 0.144. The van der Waals surface area contributed by atoms with Gasteiger partial charge in [-0.25, -0.2) is 4.39 Å². The number of hydrogen-bond acceptors (Lipinski definition) is 4. The van der Waals surface area contributed by atoms with Crippen LogP contribution in [0.1, 0.15) is 24.8 Å². The Hall–Kier alpha value is -3.02. The van der Waals surface area contributed by atoms with Crippen LogP contribution in [-0.4, -0.2) is 16.0 Å². The smallest absolute Gasteiger partial charge is 0.227 e. The fourth-order valence-electron chi connectivity index (χ4n) is 2.38. The van der Waals surface area contributed by atoms with E-state index in [0.29, 0.717) is 12.3 Å². The normalized spacial score (nSPS) is 10.6. The fourth-order valence-corrected chi connectivity index (χ4v) is 2.38. The highest BCUT2D eigenvalue weighted by atomic mass is 19.1. The standard InChI is InChI=1S/C19H18FN3O2/c1-2-13-7-9-14(10-8-13)21-17(24)11-12-18-22-19(23-25-18)15-5-3-4-6-16(15)20/h3-10H,2,11-12H2,1H3,(H,21,24). The van der Waals surface area contributed by atoms with Gasteiger partial charge >= 0.3 is 0 Å². The first-order valence-corrected chi connectivity index (χ1v) is 8.12. The number of rotatable bonds is 6. The van der Waals surface area contributed by atoms with Crippen molar-refractivity contribution in [1.82, 2.24) is 10.1 Å². The summed E-state index contributed by atoms with van der Waals surface area (Å²) in [6.07, 6.45) is 1.45. The summed E-state index contributed by atoms with van der Waals surface area (Å²) in [5, 5.41) is 6.59. The lowest BCUT2D eigenvalue weighted by atomic mass is 10.1. The molecule has 3 rings (SSSR count). The van der Waals surface area contributed by atoms with Crippen molar-refractivity contribution in [2.45, 2.75) is 26.2 Å². The molecule has 0 aliphatic carbocycles. The molecule has 0 radical (unpaired) electrons. The molecule has 0 atom stereocenters. The molecule has 1 heterocycles. The summed E-state index contributed by atoms with van der Waals surface area (Å²) >= 11 is 0. The number of hydrogen-bond donors (Lipinski definition) is 1. The lowest BCUT2D eigenvalue weighted by Gasteiger charge is -2.05. The molecule has 128 valence electrons. The molecule has 1 aromatic heterocycles. The van der Waals surface area contributed by atoms with Gasteiger partial charge in [0.15, 0.2) is 0 Å². The molecular formula is C19H18FN3O2. The number of nitrogens with one attached hydrogen (secondary N) is 1. The van der Waals surface area contributed by atoms with E-state index >= 15 is 0 Å². The molecule has 0 saturated heterocycles. The van der Waals surface area contributed by atoms with Crippen LogP contribution in [-0.2, 0) is 17.6 Å². The number of carbonyl (C=O) groups is 1. The Morgan fingerprint density at radius 3 is 2.64 bits per heavy atom. The zero-order valence-electron chi connectivity index (χ0n) is 13.8. The third-order valence-corrected chi connectivity index (χ3v) is 3.79. The number of halogens is 1. The van der Waals surface area contributed by atoms with Crippen LogP contribution >= 0.6 is 0 Å². The van der Waals surface area contributed by atoms with Gasteiger partial charge in [-0.2, -0.15) is 4.98 Å². The van der Waals surface area contributed by atoms with Crippen LogP contribution in [0, 0.1) is 5.82 Å². The van der Waals surface area contributed by atoms with Gasteiger partial charge in [0.25, 0.3) is 0 Å². The van der Waals surface area contributed by atoms with Crippen LogP contribution in [0.3, 0.4) is 0 Å². The zero-order chi connectivity index (χ0) is 17.6. The van der Waals surface area contributed by atoms with Gasteiger partial charge in [-0.3, -0.25) is 4.79 Å². The van der Waals surface area contributed by atoms with Crippen molar-refractivity contribution < 1.29 is 13.7 Å². The maximum atomic E-state index is 13.7. The van der Waals surface area contributed by atoms with Crippen molar-refractivity contribution in [2.24, 2.45) is 0 Å². The lowest BCUT2D eigenvalue weighted by Crippen LogP contribution is -2.12. The molecule has 0 bridgehead atoms. The van der Waals surface area contributed by atoms with E-state index in [2.05, 4.69) is 22.4 Å². The van der Waals surface area contributed by atoms with Crippen molar-refractivity contribution in [1.29, 1.82) is 0 Å². The van der Waals surface area contributed by atoms with E-state index in [1.807, 2.05) is 24.3 Å². The summed E-state index contributed by atoms with van der Waals surface area (Å²) in [6.45, 7) is 2.08. The van der Waals surface area contributed by atoms with Gasteiger partial charge in [-0.1, -0.05) is 36.3 Å². The second kappa shape index (κ2) is 7.70. The maximum Gasteiger partial charge on any atom is 0.227 e. The number of amides is 1. The van der Waals surface area contributed by atoms with Gasteiger partial charge in [0.2, 0.25) is 17.6 Å². The fraction of sp³-hybridized carbons (Fsp3) is 0.211. The minimum atomic E-state index is -0.414. The molecule has 0 aliphatic rings. The maximum absolute atomic E-state index is 13.7. The number of nitrogens with zero attached hydrogens (tertiary/aromatic N) is 2.